The van der Waals surface area contributed by atoms with Crippen molar-refractivity contribution in [3.63, 3.8) is 0 Å². The molecule has 0 radical (unpaired) electrons. The highest BCUT2D eigenvalue weighted by Gasteiger charge is 2.20. The van der Waals surface area contributed by atoms with Crippen LogP contribution in [0.4, 0.5) is 17.1 Å². The van der Waals surface area contributed by atoms with Crippen LogP contribution < -0.4 is 4.90 Å². The second kappa shape index (κ2) is 16.7. The quantitative estimate of drug-likeness (QED) is 0.142. The Balaban J connectivity index is 0.842. The van der Waals surface area contributed by atoms with Crippen LogP contribution in [-0.2, 0) is 0 Å². The lowest BCUT2D eigenvalue weighted by Crippen LogP contribution is -2.11. The van der Waals surface area contributed by atoms with Crippen molar-refractivity contribution in [2.45, 2.75) is 0 Å². The predicted octanol–water partition coefficient (Wildman–Crippen LogP) is 19.1. The smallest absolute Gasteiger partial charge is 0.136 e. The van der Waals surface area contributed by atoms with Crippen molar-refractivity contribution in [1.29, 1.82) is 0 Å². The molecule has 14 aromatic rings. The average Bonchev–Trinajstić information content (AvgIpc) is 3.99. The van der Waals surface area contributed by atoms with Gasteiger partial charge in [0.15, 0.2) is 0 Å². The molecule has 0 aliphatic heterocycles. The molecule has 3 nitrogen and oxygen atoms in total. The molecule has 0 spiro atoms. The van der Waals surface area contributed by atoms with Crippen molar-refractivity contribution in [1.82, 2.24) is 4.57 Å². The number of para-hydroxylation sites is 4. The van der Waals surface area contributed by atoms with Crippen LogP contribution in [0.3, 0.4) is 0 Å². The summed E-state index contributed by atoms with van der Waals surface area (Å²) in [4.78, 5) is 2.40. The number of fused-ring (bicyclic) bond motifs is 9. The van der Waals surface area contributed by atoms with Gasteiger partial charge in [-0.15, -0.1) is 0 Å². The Morgan fingerprint density at radius 2 is 0.817 bits per heavy atom. The monoisotopic (exact) mass is 904 g/mol. The van der Waals surface area contributed by atoms with Gasteiger partial charge in [0, 0.05) is 44.2 Å². The Bertz CT molecular complexity index is 4290. The van der Waals surface area contributed by atoms with E-state index in [0.29, 0.717) is 0 Å². The fourth-order valence-corrected chi connectivity index (χ4v) is 10.9. The zero-order valence-corrected chi connectivity index (χ0v) is 38.7. The molecule has 0 aliphatic rings. The minimum atomic E-state index is 0.877. The van der Waals surface area contributed by atoms with Gasteiger partial charge in [0.05, 0.1) is 16.7 Å². The molecular formula is C68H44N2O. The first-order chi connectivity index (χ1) is 35.2. The number of rotatable bonds is 8. The first-order valence-corrected chi connectivity index (χ1v) is 24.3. The summed E-state index contributed by atoms with van der Waals surface area (Å²) in [7, 11) is 0. The lowest BCUT2D eigenvalue weighted by atomic mass is 9.96. The van der Waals surface area contributed by atoms with Crippen molar-refractivity contribution in [3.05, 3.63) is 267 Å². The van der Waals surface area contributed by atoms with Crippen LogP contribution in [0.2, 0.25) is 0 Å². The molecule has 0 saturated heterocycles. The standard InChI is InChI=1S/C68H44N2O/c1-2-18-57-47(13-1)27-28-52-42-51(33-39-58(52)57)50-16-12-17-56(43-50)69(64-23-7-3-19-59(64)53-34-40-63-62-22-6-10-26-67(62)71-68(63)44-53)54-35-29-45(30-36-54)48-14-11-15-49(41-48)46-31-37-55(38-32-46)70-65-24-8-4-20-60(65)61-21-5-9-25-66(61)70/h1-44H. The first-order valence-electron chi connectivity index (χ1n) is 24.3. The summed E-state index contributed by atoms with van der Waals surface area (Å²) in [5, 5.41) is 9.79. The van der Waals surface area contributed by atoms with Crippen molar-refractivity contribution in [3.8, 4) is 50.2 Å². The van der Waals surface area contributed by atoms with E-state index in [4.69, 9.17) is 4.42 Å². The normalized spacial score (nSPS) is 11.7. The van der Waals surface area contributed by atoms with Crippen LogP contribution in [0.15, 0.2) is 271 Å². The molecule has 2 aromatic heterocycles. The Morgan fingerprint density at radius 3 is 1.59 bits per heavy atom. The number of nitrogens with zero attached hydrogens (tertiary/aromatic N) is 2. The summed E-state index contributed by atoms with van der Waals surface area (Å²) in [6, 6.07) is 96.8. The van der Waals surface area contributed by atoms with Gasteiger partial charge in [-0.1, -0.05) is 182 Å². The third-order valence-corrected chi connectivity index (χ3v) is 14.4. The maximum Gasteiger partial charge on any atom is 0.136 e. The fourth-order valence-electron chi connectivity index (χ4n) is 10.9. The largest absolute Gasteiger partial charge is 0.456 e. The predicted molar refractivity (Wildman–Crippen MR) is 299 cm³/mol. The van der Waals surface area contributed by atoms with E-state index in [1.165, 1.54) is 60.0 Å². The summed E-state index contributed by atoms with van der Waals surface area (Å²) >= 11 is 0. The number of hydrogen-bond acceptors (Lipinski definition) is 2. The molecule has 0 aliphatic carbocycles. The van der Waals surface area contributed by atoms with E-state index in [1.54, 1.807) is 0 Å². The van der Waals surface area contributed by atoms with Crippen molar-refractivity contribution in [2.75, 3.05) is 4.90 Å². The summed E-state index contributed by atoms with van der Waals surface area (Å²) in [6.45, 7) is 0. The van der Waals surface area contributed by atoms with Crippen LogP contribution in [-0.4, -0.2) is 4.57 Å². The minimum absolute atomic E-state index is 0.877. The van der Waals surface area contributed by atoms with Gasteiger partial charge in [0.1, 0.15) is 11.2 Å². The molecule has 0 atom stereocenters. The van der Waals surface area contributed by atoms with Gasteiger partial charge < -0.3 is 13.9 Å². The lowest BCUT2D eigenvalue weighted by molar-refractivity contribution is 0.669. The molecule has 332 valence electrons. The van der Waals surface area contributed by atoms with Crippen molar-refractivity contribution in [2.24, 2.45) is 0 Å². The highest BCUT2D eigenvalue weighted by atomic mass is 16.3. The van der Waals surface area contributed by atoms with E-state index in [2.05, 4.69) is 264 Å². The van der Waals surface area contributed by atoms with Crippen LogP contribution >= 0.6 is 0 Å². The van der Waals surface area contributed by atoms with Gasteiger partial charge in [0.25, 0.3) is 0 Å². The van der Waals surface area contributed by atoms with Gasteiger partial charge in [0.2, 0.25) is 0 Å². The van der Waals surface area contributed by atoms with Crippen LogP contribution in [0.5, 0.6) is 0 Å². The number of hydrogen-bond donors (Lipinski definition) is 0. The Labute approximate surface area is 411 Å². The molecule has 0 unspecified atom stereocenters. The van der Waals surface area contributed by atoms with E-state index in [-0.39, 0.29) is 0 Å². The molecule has 0 amide bonds. The van der Waals surface area contributed by atoms with E-state index < -0.39 is 0 Å². The second-order valence-corrected chi connectivity index (χ2v) is 18.5. The average molecular weight is 905 g/mol. The zero-order valence-electron chi connectivity index (χ0n) is 38.7. The minimum Gasteiger partial charge on any atom is -0.456 e. The van der Waals surface area contributed by atoms with Gasteiger partial charge >= 0.3 is 0 Å². The summed E-state index contributed by atoms with van der Waals surface area (Å²) in [6.07, 6.45) is 0. The molecule has 0 fully saturated rings. The molecule has 3 heteroatoms. The highest BCUT2D eigenvalue weighted by Crippen LogP contribution is 2.44. The third-order valence-electron chi connectivity index (χ3n) is 14.4. The van der Waals surface area contributed by atoms with Crippen LogP contribution in [0.25, 0.3) is 115 Å². The molecule has 2 heterocycles. The van der Waals surface area contributed by atoms with E-state index in [9.17, 15) is 0 Å². The molecule has 0 bridgehead atoms. The molecule has 0 saturated carbocycles. The summed E-state index contributed by atoms with van der Waals surface area (Å²) < 4.78 is 8.80. The number of anilines is 3. The van der Waals surface area contributed by atoms with Gasteiger partial charge in [-0.2, -0.15) is 0 Å². The Kier molecular flexibility index (Phi) is 9.53. The van der Waals surface area contributed by atoms with E-state index in [0.717, 1.165) is 72.5 Å². The zero-order chi connectivity index (χ0) is 46.8. The van der Waals surface area contributed by atoms with Crippen LogP contribution in [0, 0.1) is 0 Å². The molecule has 0 N–H and O–H groups in total. The van der Waals surface area contributed by atoms with E-state index >= 15 is 0 Å². The molecule has 71 heavy (non-hydrogen) atoms. The van der Waals surface area contributed by atoms with Crippen molar-refractivity contribution >= 4 is 82.4 Å². The van der Waals surface area contributed by atoms with Gasteiger partial charge in [-0.3, -0.25) is 0 Å². The van der Waals surface area contributed by atoms with Crippen LogP contribution in [0.1, 0.15) is 0 Å². The fraction of sp³-hybridized carbons (Fsp3) is 0. The highest BCUT2D eigenvalue weighted by molar-refractivity contribution is 6.10. The van der Waals surface area contributed by atoms with Gasteiger partial charge in [-0.05, 0) is 145 Å². The topological polar surface area (TPSA) is 21.3 Å². The van der Waals surface area contributed by atoms with Crippen molar-refractivity contribution < 1.29 is 4.42 Å². The Hall–Kier alpha value is -9.44. The molecule has 14 rings (SSSR count). The Morgan fingerprint density at radius 1 is 0.282 bits per heavy atom. The number of furan rings is 1. The molecule has 12 aromatic carbocycles. The number of benzene rings is 12. The number of aromatic nitrogens is 1. The molecular weight excluding hydrogens is 861 g/mol. The van der Waals surface area contributed by atoms with Gasteiger partial charge in [-0.25, -0.2) is 0 Å². The SMILES string of the molecule is c1cc(-c2ccc(N(c3cccc(-c4ccc5c(ccc6ccccc65)c4)c3)c3ccccc3-c3ccc4c(c3)oc3ccccc34)cc2)cc(-c2ccc(-n3c4ccccc4c4ccccc43)cc2)c1. The second-order valence-electron chi connectivity index (χ2n) is 18.5. The summed E-state index contributed by atoms with van der Waals surface area (Å²) in [5.74, 6) is 0. The van der Waals surface area contributed by atoms with E-state index in [1.807, 2.05) is 12.1 Å². The third kappa shape index (κ3) is 6.97. The first kappa shape index (κ1) is 40.6. The lowest BCUT2D eigenvalue weighted by Gasteiger charge is -2.28. The maximum absolute atomic E-state index is 6.43. The maximum atomic E-state index is 6.43. The summed E-state index contributed by atoms with van der Waals surface area (Å²) in [5.41, 5.74) is 17.7.